The first kappa shape index (κ1) is 18.2. The second-order valence-corrected chi connectivity index (χ2v) is 7.29. The van der Waals surface area contributed by atoms with Crippen molar-refractivity contribution in [3.8, 4) is 11.3 Å². The van der Waals surface area contributed by atoms with E-state index in [0.29, 0.717) is 0 Å². The number of aryl methyl sites for hydroxylation is 3. The van der Waals surface area contributed by atoms with Crippen molar-refractivity contribution in [3.05, 3.63) is 78.3 Å². The van der Waals surface area contributed by atoms with E-state index in [-0.39, 0.29) is 6.04 Å². The molecule has 28 heavy (non-hydrogen) atoms. The predicted octanol–water partition coefficient (Wildman–Crippen LogP) is 4.06. The summed E-state index contributed by atoms with van der Waals surface area (Å²) in [5.41, 5.74) is 5.68. The van der Waals surface area contributed by atoms with Crippen molar-refractivity contribution in [3.63, 3.8) is 0 Å². The smallest absolute Gasteiger partial charge is 0.0959 e. The molecule has 144 valence electrons. The highest BCUT2D eigenvalue weighted by atomic mass is 15.3. The molecule has 0 spiro atoms. The van der Waals surface area contributed by atoms with Crippen molar-refractivity contribution >= 4 is 0 Å². The fourth-order valence-corrected chi connectivity index (χ4v) is 3.73. The Morgan fingerprint density at radius 3 is 2.57 bits per heavy atom. The van der Waals surface area contributed by atoms with Gasteiger partial charge in [0.05, 0.1) is 30.3 Å². The third kappa shape index (κ3) is 3.76. The van der Waals surface area contributed by atoms with Crippen LogP contribution >= 0.6 is 0 Å². The summed E-state index contributed by atoms with van der Waals surface area (Å²) < 4.78 is 6.34. The predicted molar refractivity (Wildman–Crippen MR) is 110 cm³/mol. The molecule has 0 saturated heterocycles. The van der Waals surface area contributed by atoms with Gasteiger partial charge in [0.25, 0.3) is 0 Å². The van der Waals surface area contributed by atoms with Crippen LogP contribution in [0.25, 0.3) is 11.3 Å². The second kappa shape index (κ2) is 7.84. The summed E-state index contributed by atoms with van der Waals surface area (Å²) in [6.45, 7) is 8.00. The lowest BCUT2D eigenvalue weighted by Gasteiger charge is -2.18. The highest BCUT2D eigenvalue weighted by Gasteiger charge is 2.17. The molecule has 0 aliphatic heterocycles. The molecule has 0 aliphatic rings. The minimum absolute atomic E-state index is 0.250. The van der Waals surface area contributed by atoms with Gasteiger partial charge in [0.15, 0.2) is 0 Å². The number of imidazole rings is 1. The van der Waals surface area contributed by atoms with Crippen LogP contribution in [0.3, 0.4) is 0 Å². The van der Waals surface area contributed by atoms with Gasteiger partial charge in [0, 0.05) is 42.3 Å². The van der Waals surface area contributed by atoms with E-state index >= 15 is 0 Å². The number of nitrogens with zero attached hydrogens (tertiary/aromatic N) is 6. The Hall–Kier alpha value is -3.15. The van der Waals surface area contributed by atoms with Gasteiger partial charge in [-0.15, -0.1) is 0 Å². The Labute approximate surface area is 165 Å². The van der Waals surface area contributed by atoms with Crippen molar-refractivity contribution in [2.45, 2.75) is 46.3 Å². The first-order valence-corrected chi connectivity index (χ1v) is 9.71. The van der Waals surface area contributed by atoms with E-state index in [1.165, 1.54) is 11.4 Å². The van der Waals surface area contributed by atoms with Gasteiger partial charge < -0.3 is 4.57 Å². The van der Waals surface area contributed by atoms with E-state index < -0.39 is 0 Å². The zero-order valence-electron chi connectivity index (χ0n) is 16.7. The van der Waals surface area contributed by atoms with Crippen molar-refractivity contribution in [1.29, 1.82) is 0 Å². The number of aromatic nitrogens is 6. The van der Waals surface area contributed by atoms with E-state index in [0.717, 1.165) is 36.5 Å². The van der Waals surface area contributed by atoms with Crippen LogP contribution in [0.5, 0.6) is 0 Å². The Morgan fingerprint density at radius 2 is 1.89 bits per heavy atom. The lowest BCUT2D eigenvalue weighted by Crippen LogP contribution is -2.17. The quantitative estimate of drug-likeness (QED) is 0.490. The largest absolute Gasteiger partial charge is 0.329 e. The van der Waals surface area contributed by atoms with Gasteiger partial charge in [-0.1, -0.05) is 30.3 Å². The monoisotopic (exact) mass is 374 g/mol. The molecule has 4 aromatic rings. The third-order valence-corrected chi connectivity index (χ3v) is 5.09. The van der Waals surface area contributed by atoms with Gasteiger partial charge in [0.2, 0.25) is 0 Å². The molecule has 1 aromatic carbocycles. The summed E-state index contributed by atoms with van der Waals surface area (Å²) in [6, 6.07) is 14.7. The minimum atomic E-state index is 0.250. The normalized spacial score (nSPS) is 12.4. The summed E-state index contributed by atoms with van der Waals surface area (Å²) in [5.74, 6) is 0. The van der Waals surface area contributed by atoms with Crippen molar-refractivity contribution < 1.29 is 0 Å². The molecule has 3 aromatic heterocycles. The van der Waals surface area contributed by atoms with E-state index in [4.69, 9.17) is 4.98 Å². The maximum Gasteiger partial charge on any atom is 0.0959 e. The number of benzene rings is 1. The lowest BCUT2D eigenvalue weighted by atomic mass is 10.1. The van der Waals surface area contributed by atoms with Crippen LogP contribution in [0, 0.1) is 13.8 Å². The zero-order valence-corrected chi connectivity index (χ0v) is 16.7. The molecule has 6 nitrogen and oxygen atoms in total. The average Bonchev–Trinajstić information content (AvgIpc) is 3.41. The summed E-state index contributed by atoms with van der Waals surface area (Å²) >= 11 is 0. The van der Waals surface area contributed by atoms with Crippen LogP contribution in [0.2, 0.25) is 0 Å². The molecule has 0 unspecified atom stereocenters. The minimum Gasteiger partial charge on any atom is -0.329 e. The molecule has 0 fully saturated rings. The van der Waals surface area contributed by atoms with Crippen molar-refractivity contribution in [1.82, 2.24) is 29.1 Å². The molecule has 0 radical (unpaired) electrons. The lowest BCUT2D eigenvalue weighted by molar-refractivity contribution is 0.423. The summed E-state index contributed by atoms with van der Waals surface area (Å²) in [7, 11) is 0. The maximum atomic E-state index is 4.78. The van der Waals surface area contributed by atoms with E-state index in [1.807, 2.05) is 42.5 Å². The molecule has 0 bridgehead atoms. The molecule has 0 saturated carbocycles. The molecular formula is C22H26N6. The SMILES string of the molecule is Cc1cc(C)n(CCc2c(-c3ccccc3)ncn2[C@H](C)Cn2cccn2)n1. The molecule has 1 atom stereocenters. The third-order valence-electron chi connectivity index (χ3n) is 5.09. The van der Waals surface area contributed by atoms with Crippen LogP contribution in [0.15, 0.2) is 61.2 Å². The first-order chi connectivity index (χ1) is 13.6. The van der Waals surface area contributed by atoms with Crippen LogP contribution in [0.4, 0.5) is 0 Å². The fraction of sp³-hybridized carbons (Fsp3) is 0.318. The first-order valence-electron chi connectivity index (χ1n) is 9.71. The highest BCUT2D eigenvalue weighted by Crippen LogP contribution is 2.26. The molecule has 0 N–H and O–H groups in total. The Morgan fingerprint density at radius 1 is 1.07 bits per heavy atom. The van der Waals surface area contributed by atoms with Gasteiger partial charge in [0.1, 0.15) is 0 Å². The Kier molecular flexibility index (Phi) is 5.10. The van der Waals surface area contributed by atoms with Crippen LogP contribution in [0.1, 0.15) is 30.0 Å². The van der Waals surface area contributed by atoms with Crippen LogP contribution in [-0.4, -0.2) is 29.1 Å². The summed E-state index contributed by atoms with van der Waals surface area (Å²) in [5, 5.41) is 8.97. The molecule has 0 amide bonds. The van der Waals surface area contributed by atoms with Crippen molar-refractivity contribution in [2.75, 3.05) is 0 Å². The summed E-state index contributed by atoms with van der Waals surface area (Å²) in [6.07, 6.45) is 6.66. The summed E-state index contributed by atoms with van der Waals surface area (Å²) in [4.78, 5) is 4.78. The molecule has 6 heteroatoms. The Balaban J connectivity index is 1.65. The number of hydrogen-bond acceptors (Lipinski definition) is 3. The van der Waals surface area contributed by atoms with E-state index in [9.17, 15) is 0 Å². The molecule has 4 rings (SSSR count). The van der Waals surface area contributed by atoms with Crippen LogP contribution in [-0.2, 0) is 19.5 Å². The zero-order chi connectivity index (χ0) is 19.5. The molecular weight excluding hydrogens is 348 g/mol. The maximum absolute atomic E-state index is 4.78. The highest BCUT2D eigenvalue weighted by molar-refractivity contribution is 5.61. The van der Waals surface area contributed by atoms with Crippen molar-refractivity contribution in [2.24, 2.45) is 0 Å². The van der Waals surface area contributed by atoms with E-state index in [2.05, 4.69) is 63.6 Å². The second-order valence-electron chi connectivity index (χ2n) is 7.29. The van der Waals surface area contributed by atoms with Gasteiger partial charge >= 0.3 is 0 Å². The number of rotatable bonds is 7. The van der Waals surface area contributed by atoms with Crippen LogP contribution < -0.4 is 0 Å². The molecule has 3 heterocycles. The van der Waals surface area contributed by atoms with Gasteiger partial charge in [-0.2, -0.15) is 10.2 Å². The van der Waals surface area contributed by atoms with Gasteiger partial charge in [-0.25, -0.2) is 4.98 Å². The average molecular weight is 374 g/mol. The fourth-order valence-electron chi connectivity index (χ4n) is 3.73. The Bertz CT molecular complexity index is 1030. The number of hydrogen-bond donors (Lipinski definition) is 0. The molecule has 0 aliphatic carbocycles. The van der Waals surface area contributed by atoms with E-state index in [1.54, 1.807) is 0 Å². The topological polar surface area (TPSA) is 53.5 Å². The van der Waals surface area contributed by atoms with Gasteiger partial charge in [-0.3, -0.25) is 9.36 Å². The van der Waals surface area contributed by atoms with Gasteiger partial charge in [-0.05, 0) is 32.9 Å². The standard InChI is InChI=1S/C22H26N6/c1-17-14-18(2)28(25-17)13-10-21-22(20-8-5-4-6-9-20)23-16-27(21)19(3)15-26-12-7-11-24-26/h4-9,11-12,14,16,19H,10,13,15H2,1-3H3/t19-/m1/s1.